The molecule has 0 radical (unpaired) electrons. The van der Waals surface area contributed by atoms with Crippen molar-refractivity contribution in [3.05, 3.63) is 41.4 Å². The fourth-order valence-electron chi connectivity index (χ4n) is 2.87. The van der Waals surface area contributed by atoms with Crippen molar-refractivity contribution in [2.75, 3.05) is 5.32 Å². The van der Waals surface area contributed by atoms with Crippen molar-refractivity contribution >= 4 is 11.7 Å². The van der Waals surface area contributed by atoms with Gasteiger partial charge in [-0.05, 0) is 41.0 Å². The van der Waals surface area contributed by atoms with Crippen LogP contribution in [0.2, 0.25) is 0 Å². The number of carbonyl (C=O) groups excluding carboxylic acids is 1. The van der Waals surface area contributed by atoms with Gasteiger partial charge < -0.3 is 5.32 Å². The summed E-state index contributed by atoms with van der Waals surface area (Å²) in [5, 5.41) is 14.9. The minimum absolute atomic E-state index is 0.168. The van der Waals surface area contributed by atoms with E-state index in [-0.39, 0.29) is 11.8 Å². The average molecular weight is 268 g/mol. The third-order valence-electron chi connectivity index (χ3n) is 3.75. The van der Waals surface area contributed by atoms with E-state index in [0.29, 0.717) is 12.4 Å². The van der Waals surface area contributed by atoms with Crippen LogP contribution in [-0.2, 0) is 4.79 Å². The van der Waals surface area contributed by atoms with Crippen molar-refractivity contribution in [2.24, 2.45) is 0 Å². The van der Waals surface area contributed by atoms with Crippen LogP contribution in [0.5, 0.6) is 0 Å². The normalized spacial score (nSPS) is 21.2. The Balaban J connectivity index is 1.93. The molecule has 1 N–H and O–H groups in total. The lowest BCUT2D eigenvalue weighted by molar-refractivity contribution is -0.116. The zero-order valence-corrected chi connectivity index (χ0v) is 10.7. The van der Waals surface area contributed by atoms with E-state index in [9.17, 15) is 4.79 Å². The number of Topliss-reactive ketones (excluding diaryl/α,β-unsaturated/α-hetero) is 1. The molecule has 7 heteroatoms. The highest BCUT2D eigenvalue weighted by Gasteiger charge is 2.36. The summed E-state index contributed by atoms with van der Waals surface area (Å²) in [4.78, 5) is 16.4. The molecule has 1 atom stereocenters. The second-order valence-electron chi connectivity index (χ2n) is 4.92. The molecule has 0 aromatic carbocycles. The molecule has 2 aliphatic rings. The Bertz CT molecular complexity index is 705. The van der Waals surface area contributed by atoms with E-state index in [0.717, 1.165) is 29.7 Å². The number of aromatic nitrogens is 5. The number of rotatable bonds is 1. The van der Waals surface area contributed by atoms with Gasteiger partial charge in [0.15, 0.2) is 5.78 Å². The Morgan fingerprint density at radius 3 is 2.95 bits per heavy atom. The Morgan fingerprint density at radius 1 is 1.25 bits per heavy atom. The van der Waals surface area contributed by atoms with Gasteiger partial charge in [-0.3, -0.25) is 9.78 Å². The average Bonchev–Trinajstić information content (AvgIpc) is 2.94. The number of fused-ring (bicyclic) bond motifs is 1. The molecule has 2 aromatic rings. The summed E-state index contributed by atoms with van der Waals surface area (Å²) >= 11 is 0. The zero-order chi connectivity index (χ0) is 13.5. The highest BCUT2D eigenvalue weighted by atomic mass is 16.1. The van der Waals surface area contributed by atoms with Crippen molar-refractivity contribution in [2.45, 2.75) is 25.3 Å². The van der Waals surface area contributed by atoms with Crippen molar-refractivity contribution in [1.29, 1.82) is 0 Å². The molecule has 7 nitrogen and oxygen atoms in total. The summed E-state index contributed by atoms with van der Waals surface area (Å²) in [5.41, 5.74) is 2.70. The van der Waals surface area contributed by atoms with Crippen molar-refractivity contribution in [3.63, 3.8) is 0 Å². The van der Waals surface area contributed by atoms with Crippen LogP contribution in [0.15, 0.2) is 35.8 Å². The Labute approximate surface area is 114 Å². The summed E-state index contributed by atoms with van der Waals surface area (Å²) < 4.78 is 1.66. The highest BCUT2D eigenvalue weighted by Crippen LogP contribution is 2.38. The second-order valence-corrected chi connectivity index (χ2v) is 4.92. The van der Waals surface area contributed by atoms with E-state index in [2.05, 4.69) is 25.8 Å². The first-order valence-electron chi connectivity index (χ1n) is 6.55. The van der Waals surface area contributed by atoms with Crippen LogP contribution >= 0.6 is 0 Å². The molecule has 0 bridgehead atoms. The topological polar surface area (TPSA) is 85.6 Å². The van der Waals surface area contributed by atoms with Gasteiger partial charge >= 0.3 is 0 Å². The summed E-state index contributed by atoms with van der Waals surface area (Å²) in [6.45, 7) is 0. The number of hydrogen-bond acceptors (Lipinski definition) is 6. The van der Waals surface area contributed by atoms with Gasteiger partial charge in [0.05, 0.1) is 0 Å². The number of allylic oxidation sites excluding steroid dienone is 2. The van der Waals surface area contributed by atoms with Crippen molar-refractivity contribution < 1.29 is 4.79 Å². The molecule has 0 spiro atoms. The summed E-state index contributed by atoms with van der Waals surface area (Å²) in [6, 6.07) is 3.54. The number of carbonyl (C=O) groups is 1. The van der Waals surface area contributed by atoms with Gasteiger partial charge in [0, 0.05) is 30.1 Å². The fourth-order valence-corrected chi connectivity index (χ4v) is 2.87. The third kappa shape index (κ3) is 1.56. The van der Waals surface area contributed by atoms with Crippen LogP contribution in [0, 0.1) is 0 Å². The number of ketones is 1. The molecule has 0 saturated heterocycles. The van der Waals surface area contributed by atoms with E-state index in [4.69, 9.17) is 0 Å². The van der Waals surface area contributed by atoms with E-state index >= 15 is 0 Å². The monoisotopic (exact) mass is 268 g/mol. The molecule has 20 heavy (non-hydrogen) atoms. The number of nitrogens with zero attached hydrogens (tertiary/aromatic N) is 5. The number of anilines is 1. The molecule has 0 unspecified atom stereocenters. The largest absolute Gasteiger partial charge is 0.326 e. The number of tetrazole rings is 1. The first-order chi connectivity index (χ1) is 9.84. The maximum absolute atomic E-state index is 12.3. The van der Waals surface area contributed by atoms with E-state index < -0.39 is 0 Å². The van der Waals surface area contributed by atoms with Gasteiger partial charge in [-0.25, -0.2) is 0 Å². The molecule has 0 fully saturated rings. The van der Waals surface area contributed by atoms with Crippen molar-refractivity contribution in [3.8, 4) is 0 Å². The minimum Gasteiger partial charge on any atom is -0.326 e. The lowest BCUT2D eigenvalue weighted by Gasteiger charge is -2.31. The molecular weight excluding hydrogens is 256 g/mol. The summed E-state index contributed by atoms with van der Waals surface area (Å²) in [6.07, 6.45) is 5.74. The molecule has 100 valence electrons. The standard InChI is InChI=1S/C13H12N6O/c20-10-3-1-2-9-11(10)12(8-4-6-14-7-5-8)19-13(15-9)16-17-18-19/h4-7,12H,1-3H2,(H,15,16,18)/t12-/m1/s1. The van der Waals surface area contributed by atoms with Crippen LogP contribution in [-0.4, -0.2) is 31.0 Å². The van der Waals surface area contributed by atoms with Gasteiger partial charge in [-0.2, -0.15) is 4.68 Å². The quantitative estimate of drug-likeness (QED) is 0.833. The summed E-state index contributed by atoms with van der Waals surface area (Å²) in [5.74, 6) is 0.752. The van der Waals surface area contributed by atoms with Crippen LogP contribution in [0.4, 0.5) is 5.95 Å². The van der Waals surface area contributed by atoms with Crippen LogP contribution < -0.4 is 5.32 Å². The van der Waals surface area contributed by atoms with E-state index in [1.165, 1.54) is 0 Å². The maximum atomic E-state index is 12.3. The van der Waals surface area contributed by atoms with Gasteiger partial charge in [0.1, 0.15) is 6.04 Å². The Hall–Kier alpha value is -2.57. The smallest absolute Gasteiger partial charge is 0.248 e. The SMILES string of the molecule is O=C1CCCC2=C1[C@@H](c1ccncc1)n1nnnc1N2. The molecule has 4 rings (SSSR count). The zero-order valence-electron chi connectivity index (χ0n) is 10.7. The molecule has 2 aromatic heterocycles. The number of pyridine rings is 1. The Kier molecular flexibility index (Phi) is 2.38. The van der Waals surface area contributed by atoms with Crippen LogP contribution in [0.3, 0.4) is 0 Å². The molecule has 0 saturated carbocycles. The van der Waals surface area contributed by atoms with Gasteiger partial charge in [0.2, 0.25) is 5.95 Å². The van der Waals surface area contributed by atoms with Gasteiger partial charge in [0.25, 0.3) is 0 Å². The molecule has 3 heterocycles. The van der Waals surface area contributed by atoms with Crippen LogP contribution in [0.25, 0.3) is 0 Å². The fraction of sp³-hybridized carbons (Fsp3) is 0.308. The minimum atomic E-state index is -0.257. The molecule has 1 aliphatic carbocycles. The highest BCUT2D eigenvalue weighted by molar-refractivity contribution is 5.99. The number of nitrogens with one attached hydrogen (secondary N) is 1. The van der Waals surface area contributed by atoms with Crippen molar-refractivity contribution in [1.82, 2.24) is 25.2 Å². The predicted octanol–water partition coefficient (Wildman–Crippen LogP) is 1.09. The van der Waals surface area contributed by atoms with Crippen LogP contribution in [0.1, 0.15) is 30.9 Å². The predicted molar refractivity (Wildman–Crippen MR) is 69.7 cm³/mol. The maximum Gasteiger partial charge on any atom is 0.248 e. The first-order valence-corrected chi connectivity index (χ1v) is 6.55. The second kappa shape index (κ2) is 4.22. The van der Waals surface area contributed by atoms with Gasteiger partial charge in [-0.1, -0.05) is 5.10 Å². The lowest BCUT2D eigenvalue weighted by atomic mass is 9.86. The number of hydrogen-bond donors (Lipinski definition) is 1. The Morgan fingerprint density at radius 2 is 2.10 bits per heavy atom. The lowest BCUT2D eigenvalue weighted by Crippen LogP contribution is -2.31. The van der Waals surface area contributed by atoms with E-state index in [1.807, 2.05) is 12.1 Å². The molecule has 0 amide bonds. The molecule has 1 aliphatic heterocycles. The molecular formula is C13H12N6O. The summed E-state index contributed by atoms with van der Waals surface area (Å²) in [7, 11) is 0. The first kappa shape index (κ1) is 11.3. The third-order valence-corrected chi connectivity index (χ3v) is 3.75. The van der Waals surface area contributed by atoms with Gasteiger partial charge in [-0.15, -0.1) is 0 Å². The van der Waals surface area contributed by atoms with E-state index in [1.54, 1.807) is 17.1 Å².